The highest BCUT2D eigenvalue weighted by atomic mass is 16.5. The Kier molecular flexibility index (Phi) is 5.29. The van der Waals surface area contributed by atoms with Crippen LogP contribution < -0.4 is 15.4 Å². The zero-order valence-electron chi connectivity index (χ0n) is 12.3. The van der Waals surface area contributed by atoms with E-state index in [0.717, 1.165) is 0 Å². The number of carboxylic acid groups (broad SMARTS) is 1. The normalized spacial score (nSPS) is 12.6. The number of anilines is 1. The number of hydrogen-bond donors (Lipinski definition) is 3. The number of nitrogens with one attached hydrogen (secondary N) is 2. The molecule has 0 saturated heterocycles. The fraction of sp³-hybridized carbons (Fsp3) is 0.333. The molecule has 0 bridgehead atoms. The van der Waals surface area contributed by atoms with E-state index in [0.29, 0.717) is 17.0 Å². The Bertz CT molecular complexity index is 655. The van der Waals surface area contributed by atoms with E-state index < -0.39 is 5.97 Å². The topological polar surface area (TPSA) is 122 Å². The molecule has 0 saturated carbocycles. The van der Waals surface area contributed by atoms with Crippen LogP contribution in [0.25, 0.3) is 0 Å². The summed E-state index contributed by atoms with van der Waals surface area (Å²) in [6, 6.07) is 4.67. The molecule has 0 fully saturated rings. The summed E-state index contributed by atoms with van der Waals surface area (Å²) in [7, 11) is 0. The zero-order chi connectivity index (χ0) is 16.8. The molecule has 0 aliphatic carbocycles. The predicted octanol–water partition coefficient (Wildman–Crippen LogP) is 0.571. The summed E-state index contributed by atoms with van der Waals surface area (Å²) < 4.78 is 5.20. The number of carboxylic acids is 1. The molecule has 0 unspecified atom stereocenters. The summed E-state index contributed by atoms with van der Waals surface area (Å²) in [5, 5.41) is 13.5. The van der Waals surface area contributed by atoms with E-state index in [1.807, 2.05) is 0 Å². The SMILES string of the molecule is O=C(O)CCNC(=O)CCC(=O)c1ccc2c(c1)NC(=O)CO2. The Morgan fingerprint density at radius 3 is 2.74 bits per heavy atom. The summed E-state index contributed by atoms with van der Waals surface area (Å²) in [6.45, 7) is -0.0264. The number of aliphatic carboxylic acids is 1. The first-order valence-electron chi connectivity index (χ1n) is 7.04. The van der Waals surface area contributed by atoms with Crippen molar-refractivity contribution in [2.45, 2.75) is 19.3 Å². The first-order valence-corrected chi connectivity index (χ1v) is 7.04. The smallest absolute Gasteiger partial charge is 0.305 e. The maximum Gasteiger partial charge on any atom is 0.305 e. The Labute approximate surface area is 131 Å². The molecule has 8 nitrogen and oxygen atoms in total. The second-order valence-corrected chi connectivity index (χ2v) is 4.96. The number of carbonyl (C=O) groups is 4. The third kappa shape index (κ3) is 4.80. The van der Waals surface area contributed by atoms with Crippen molar-refractivity contribution in [3.8, 4) is 5.75 Å². The average molecular weight is 320 g/mol. The standard InChI is InChI=1S/C15H16N2O6/c18-11(2-4-13(19)16-6-5-15(21)22)9-1-3-12-10(7-9)17-14(20)8-23-12/h1,3,7H,2,4-6,8H2,(H,16,19)(H,17,20)(H,21,22). The molecule has 2 rings (SSSR count). The Balaban J connectivity index is 1.86. The van der Waals surface area contributed by atoms with Gasteiger partial charge in [-0.05, 0) is 18.2 Å². The monoisotopic (exact) mass is 320 g/mol. The van der Waals surface area contributed by atoms with Crippen LogP contribution in [0, 0.1) is 0 Å². The Morgan fingerprint density at radius 2 is 2.00 bits per heavy atom. The number of hydrogen-bond acceptors (Lipinski definition) is 5. The maximum atomic E-state index is 12.1. The first kappa shape index (κ1) is 16.5. The molecule has 0 aromatic heterocycles. The van der Waals surface area contributed by atoms with Crippen LogP contribution in [0.3, 0.4) is 0 Å². The minimum atomic E-state index is -1.00. The van der Waals surface area contributed by atoms with E-state index in [1.165, 1.54) is 6.07 Å². The average Bonchev–Trinajstić information content (AvgIpc) is 2.51. The quantitative estimate of drug-likeness (QED) is 0.631. The summed E-state index contributed by atoms with van der Waals surface area (Å²) in [5.41, 5.74) is 0.797. The summed E-state index contributed by atoms with van der Waals surface area (Å²) >= 11 is 0. The van der Waals surface area contributed by atoms with Crippen molar-refractivity contribution in [3.63, 3.8) is 0 Å². The summed E-state index contributed by atoms with van der Waals surface area (Å²) in [4.78, 5) is 45.2. The molecule has 1 aliphatic heterocycles. The number of ether oxygens (including phenoxy) is 1. The summed E-state index contributed by atoms with van der Waals surface area (Å²) in [5.74, 6) is -1.43. The third-order valence-electron chi connectivity index (χ3n) is 3.17. The van der Waals surface area contributed by atoms with E-state index in [4.69, 9.17) is 9.84 Å². The highest BCUT2D eigenvalue weighted by molar-refractivity contribution is 6.01. The highest BCUT2D eigenvalue weighted by Gasteiger charge is 2.18. The van der Waals surface area contributed by atoms with Crippen molar-refractivity contribution >= 4 is 29.3 Å². The molecular weight excluding hydrogens is 304 g/mol. The van der Waals surface area contributed by atoms with E-state index in [9.17, 15) is 19.2 Å². The van der Waals surface area contributed by atoms with Crippen LogP contribution in [0.15, 0.2) is 18.2 Å². The van der Waals surface area contributed by atoms with E-state index in [-0.39, 0.29) is 50.0 Å². The van der Waals surface area contributed by atoms with Gasteiger partial charge in [0.15, 0.2) is 12.4 Å². The maximum absolute atomic E-state index is 12.1. The fourth-order valence-corrected chi connectivity index (χ4v) is 2.03. The van der Waals surface area contributed by atoms with Gasteiger partial charge in [0.2, 0.25) is 5.91 Å². The Hall–Kier alpha value is -2.90. The predicted molar refractivity (Wildman–Crippen MR) is 79.4 cm³/mol. The molecule has 23 heavy (non-hydrogen) atoms. The molecule has 1 aromatic carbocycles. The van der Waals surface area contributed by atoms with Gasteiger partial charge < -0.3 is 20.5 Å². The van der Waals surface area contributed by atoms with Crippen molar-refractivity contribution in [1.29, 1.82) is 0 Å². The number of amides is 2. The van der Waals surface area contributed by atoms with Crippen molar-refractivity contribution in [2.75, 3.05) is 18.5 Å². The van der Waals surface area contributed by atoms with E-state index in [1.54, 1.807) is 12.1 Å². The molecule has 122 valence electrons. The van der Waals surface area contributed by atoms with Gasteiger partial charge in [-0.3, -0.25) is 19.2 Å². The molecule has 2 amide bonds. The van der Waals surface area contributed by atoms with Crippen LogP contribution in [0.2, 0.25) is 0 Å². The zero-order valence-corrected chi connectivity index (χ0v) is 12.3. The van der Waals surface area contributed by atoms with Crippen LogP contribution in [0.1, 0.15) is 29.6 Å². The largest absolute Gasteiger partial charge is 0.482 e. The second-order valence-electron chi connectivity index (χ2n) is 4.96. The van der Waals surface area contributed by atoms with Gasteiger partial charge in [-0.2, -0.15) is 0 Å². The minimum absolute atomic E-state index is 0.00745. The third-order valence-corrected chi connectivity index (χ3v) is 3.17. The van der Waals surface area contributed by atoms with Crippen LogP contribution >= 0.6 is 0 Å². The Morgan fingerprint density at radius 1 is 1.22 bits per heavy atom. The van der Waals surface area contributed by atoms with Gasteiger partial charge in [0.25, 0.3) is 5.91 Å². The molecule has 0 spiro atoms. The minimum Gasteiger partial charge on any atom is -0.482 e. The molecule has 1 aliphatic rings. The fourth-order valence-electron chi connectivity index (χ4n) is 2.03. The molecule has 0 atom stereocenters. The second kappa shape index (κ2) is 7.39. The van der Waals surface area contributed by atoms with Crippen molar-refractivity contribution in [2.24, 2.45) is 0 Å². The van der Waals surface area contributed by atoms with Gasteiger partial charge >= 0.3 is 5.97 Å². The lowest BCUT2D eigenvalue weighted by Crippen LogP contribution is -2.26. The molecule has 1 aromatic rings. The van der Waals surface area contributed by atoms with Gasteiger partial charge in [0.05, 0.1) is 12.1 Å². The van der Waals surface area contributed by atoms with Gasteiger partial charge in [-0.15, -0.1) is 0 Å². The van der Waals surface area contributed by atoms with Gasteiger partial charge in [-0.1, -0.05) is 0 Å². The highest BCUT2D eigenvalue weighted by Crippen LogP contribution is 2.28. The molecule has 3 N–H and O–H groups in total. The number of ketones is 1. The van der Waals surface area contributed by atoms with Gasteiger partial charge in [0, 0.05) is 24.9 Å². The van der Waals surface area contributed by atoms with E-state index in [2.05, 4.69) is 10.6 Å². The van der Waals surface area contributed by atoms with Crippen LogP contribution in [0.5, 0.6) is 5.75 Å². The number of Topliss-reactive ketones (excluding diaryl/α,β-unsaturated/α-hetero) is 1. The summed E-state index contributed by atoms with van der Waals surface area (Å²) in [6.07, 6.45) is -0.199. The number of rotatable bonds is 7. The number of carbonyl (C=O) groups excluding carboxylic acids is 3. The lowest BCUT2D eigenvalue weighted by atomic mass is 10.0. The molecule has 0 radical (unpaired) electrons. The molecule has 1 heterocycles. The van der Waals surface area contributed by atoms with Crippen LogP contribution in [0.4, 0.5) is 5.69 Å². The van der Waals surface area contributed by atoms with Gasteiger partial charge in [-0.25, -0.2) is 0 Å². The van der Waals surface area contributed by atoms with E-state index >= 15 is 0 Å². The van der Waals surface area contributed by atoms with Gasteiger partial charge in [0.1, 0.15) is 5.75 Å². The molecule has 8 heteroatoms. The lowest BCUT2D eigenvalue weighted by Gasteiger charge is -2.18. The van der Waals surface area contributed by atoms with Crippen molar-refractivity contribution < 1.29 is 29.0 Å². The number of benzene rings is 1. The lowest BCUT2D eigenvalue weighted by molar-refractivity contribution is -0.137. The molecular formula is C15H16N2O6. The first-order chi connectivity index (χ1) is 11.0. The van der Waals surface area contributed by atoms with Crippen molar-refractivity contribution in [1.82, 2.24) is 5.32 Å². The van der Waals surface area contributed by atoms with Crippen molar-refractivity contribution in [3.05, 3.63) is 23.8 Å². The van der Waals surface area contributed by atoms with Crippen LogP contribution in [-0.2, 0) is 14.4 Å². The van der Waals surface area contributed by atoms with Crippen LogP contribution in [-0.4, -0.2) is 41.8 Å². The number of fused-ring (bicyclic) bond motifs is 1.